The molecule has 0 aliphatic heterocycles. The summed E-state index contributed by atoms with van der Waals surface area (Å²) in [5.41, 5.74) is 2.25. The average Bonchev–Trinajstić information content (AvgIpc) is 2.55. The van der Waals surface area contributed by atoms with Crippen LogP contribution in [0.15, 0.2) is 30.5 Å². The third-order valence-corrected chi connectivity index (χ3v) is 2.78. The maximum Gasteiger partial charge on any atom is 0.224 e. The molecule has 3 heteroatoms. The molecular formula is C14H18N2O. The first-order valence-corrected chi connectivity index (χ1v) is 5.90. The van der Waals surface area contributed by atoms with Crippen molar-refractivity contribution in [2.75, 3.05) is 0 Å². The molecule has 0 atom stereocenters. The number of amides is 1. The van der Waals surface area contributed by atoms with E-state index in [0.717, 1.165) is 10.9 Å². The van der Waals surface area contributed by atoms with Crippen LogP contribution in [0, 0.1) is 0 Å². The van der Waals surface area contributed by atoms with Gasteiger partial charge in [-0.25, -0.2) is 0 Å². The van der Waals surface area contributed by atoms with Crippen molar-refractivity contribution in [1.29, 1.82) is 0 Å². The molecule has 2 aromatic rings. The van der Waals surface area contributed by atoms with Gasteiger partial charge in [0.2, 0.25) is 5.91 Å². The number of hydrogen-bond donors (Lipinski definition) is 1. The number of nitrogens with zero attached hydrogens (tertiary/aromatic N) is 1. The highest BCUT2D eigenvalue weighted by Gasteiger charge is 2.10. The maximum atomic E-state index is 11.8. The van der Waals surface area contributed by atoms with Crippen LogP contribution in [0.2, 0.25) is 0 Å². The lowest BCUT2D eigenvalue weighted by molar-refractivity contribution is -0.120. The van der Waals surface area contributed by atoms with Crippen molar-refractivity contribution in [1.82, 2.24) is 9.88 Å². The summed E-state index contributed by atoms with van der Waals surface area (Å²) in [5, 5.41) is 4.08. The van der Waals surface area contributed by atoms with E-state index >= 15 is 0 Å². The fourth-order valence-electron chi connectivity index (χ4n) is 2.11. The van der Waals surface area contributed by atoms with E-state index in [1.807, 2.05) is 39.2 Å². The number of carbonyl (C=O) groups is 1. The van der Waals surface area contributed by atoms with Crippen molar-refractivity contribution in [2.45, 2.75) is 26.3 Å². The predicted molar refractivity (Wildman–Crippen MR) is 69.9 cm³/mol. The van der Waals surface area contributed by atoms with Gasteiger partial charge < -0.3 is 9.88 Å². The van der Waals surface area contributed by atoms with Crippen LogP contribution in [0.5, 0.6) is 0 Å². The minimum Gasteiger partial charge on any atom is -0.354 e. The number of para-hydroxylation sites is 1. The van der Waals surface area contributed by atoms with Gasteiger partial charge in [0, 0.05) is 30.2 Å². The number of aromatic nitrogens is 1. The van der Waals surface area contributed by atoms with E-state index in [9.17, 15) is 4.79 Å². The number of carbonyl (C=O) groups excluding carboxylic acids is 1. The summed E-state index contributed by atoms with van der Waals surface area (Å²) < 4.78 is 2.06. The molecule has 1 heterocycles. The monoisotopic (exact) mass is 230 g/mol. The average molecular weight is 230 g/mol. The molecule has 0 saturated heterocycles. The normalized spacial score (nSPS) is 11.1. The van der Waals surface area contributed by atoms with Gasteiger partial charge in [-0.2, -0.15) is 0 Å². The molecule has 2 rings (SSSR count). The van der Waals surface area contributed by atoms with Gasteiger partial charge in [0.15, 0.2) is 0 Å². The van der Waals surface area contributed by atoms with Crippen molar-refractivity contribution in [3.63, 3.8) is 0 Å². The fourth-order valence-corrected chi connectivity index (χ4v) is 2.11. The summed E-state index contributed by atoms with van der Waals surface area (Å²) in [6, 6.07) is 8.34. The number of nitrogens with one attached hydrogen (secondary N) is 1. The minimum absolute atomic E-state index is 0.0800. The van der Waals surface area contributed by atoms with Gasteiger partial charge in [-0.15, -0.1) is 0 Å². The lowest BCUT2D eigenvalue weighted by Gasteiger charge is -2.07. The Morgan fingerprint density at radius 2 is 2.06 bits per heavy atom. The van der Waals surface area contributed by atoms with Crippen molar-refractivity contribution in [2.24, 2.45) is 7.05 Å². The van der Waals surface area contributed by atoms with Crippen molar-refractivity contribution in [3.05, 3.63) is 36.0 Å². The number of aryl methyl sites for hydroxylation is 1. The Kier molecular flexibility index (Phi) is 3.18. The summed E-state index contributed by atoms with van der Waals surface area (Å²) in [6.45, 7) is 3.95. The quantitative estimate of drug-likeness (QED) is 0.862. The van der Waals surface area contributed by atoms with Crippen LogP contribution in [0.25, 0.3) is 10.9 Å². The highest BCUT2D eigenvalue weighted by Crippen LogP contribution is 2.20. The highest BCUT2D eigenvalue weighted by atomic mass is 16.1. The molecule has 0 saturated carbocycles. The first-order chi connectivity index (χ1) is 8.08. The molecule has 3 nitrogen and oxygen atoms in total. The van der Waals surface area contributed by atoms with Crippen LogP contribution in [0.1, 0.15) is 19.4 Å². The molecule has 17 heavy (non-hydrogen) atoms. The van der Waals surface area contributed by atoms with Gasteiger partial charge in [-0.3, -0.25) is 4.79 Å². The zero-order chi connectivity index (χ0) is 12.4. The van der Waals surface area contributed by atoms with E-state index in [2.05, 4.69) is 22.0 Å². The summed E-state index contributed by atoms with van der Waals surface area (Å²) >= 11 is 0. The number of rotatable bonds is 3. The molecule has 1 amide bonds. The van der Waals surface area contributed by atoms with E-state index in [1.165, 1.54) is 5.52 Å². The molecule has 1 aromatic carbocycles. The Balaban J connectivity index is 2.27. The Bertz CT molecular complexity index is 540. The van der Waals surface area contributed by atoms with Crippen molar-refractivity contribution >= 4 is 16.8 Å². The maximum absolute atomic E-state index is 11.8. The molecular weight excluding hydrogens is 212 g/mol. The van der Waals surface area contributed by atoms with Gasteiger partial charge >= 0.3 is 0 Å². The Morgan fingerprint density at radius 1 is 1.35 bits per heavy atom. The Morgan fingerprint density at radius 3 is 2.76 bits per heavy atom. The molecule has 0 unspecified atom stereocenters. The fraction of sp³-hybridized carbons (Fsp3) is 0.357. The Hall–Kier alpha value is -1.77. The molecule has 1 aromatic heterocycles. The topological polar surface area (TPSA) is 34.0 Å². The molecule has 0 aliphatic carbocycles. The molecule has 0 radical (unpaired) electrons. The van der Waals surface area contributed by atoms with Crippen LogP contribution < -0.4 is 5.32 Å². The largest absolute Gasteiger partial charge is 0.354 e. The SMILES string of the molecule is CC(C)NC(=O)Cc1cn(C)c2ccccc12. The second-order valence-electron chi connectivity index (χ2n) is 4.68. The molecule has 0 aliphatic rings. The van der Waals surface area contributed by atoms with E-state index in [4.69, 9.17) is 0 Å². The van der Waals surface area contributed by atoms with Gasteiger partial charge in [0.1, 0.15) is 0 Å². The van der Waals surface area contributed by atoms with Gasteiger partial charge in [0.05, 0.1) is 6.42 Å². The first-order valence-electron chi connectivity index (χ1n) is 5.90. The highest BCUT2D eigenvalue weighted by molar-refractivity contribution is 5.89. The van der Waals surface area contributed by atoms with Gasteiger partial charge in [0.25, 0.3) is 0 Å². The van der Waals surface area contributed by atoms with E-state index < -0.39 is 0 Å². The number of hydrogen-bond acceptors (Lipinski definition) is 1. The third-order valence-electron chi connectivity index (χ3n) is 2.78. The van der Waals surface area contributed by atoms with E-state index in [-0.39, 0.29) is 11.9 Å². The smallest absolute Gasteiger partial charge is 0.224 e. The van der Waals surface area contributed by atoms with Gasteiger partial charge in [-0.1, -0.05) is 18.2 Å². The van der Waals surface area contributed by atoms with Crippen molar-refractivity contribution in [3.8, 4) is 0 Å². The van der Waals surface area contributed by atoms with Crippen molar-refractivity contribution < 1.29 is 4.79 Å². The number of benzene rings is 1. The zero-order valence-electron chi connectivity index (χ0n) is 10.5. The van der Waals surface area contributed by atoms with Crippen LogP contribution in [-0.2, 0) is 18.3 Å². The molecule has 0 bridgehead atoms. The number of fused-ring (bicyclic) bond motifs is 1. The second-order valence-corrected chi connectivity index (χ2v) is 4.68. The van der Waals surface area contributed by atoms with E-state index in [0.29, 0.717) is 6.42 Å². The lowest BCUT2D eigenvalue weighted by Crippen LogP contribution is -2.31. The van der Waals surface area contributed by atoms with Crippen LogP contribution >= 0.6 is 0 Å². The standard InChI is InChI=1S/C14H18N2O/c1-10(2)15-14(17)8-11-9-16(3)13-7-5-4-6-12(11)13/h4-7,9-10H,8H2,1-3H3,(H,15,17). The van der Waals surface area contributed by atoms with Gasteiger partial charge in [-0.05, 0) is 25.5 Å². The van der Waals surface area contributed by atoms with E-state index in [1.54, 1.807) is 0 Å². The molecule has 90 valence electrons. The van der Waals surface area contributed by atoms with Crippen LogP contribution in [0.4, 0.5) is 0 Å². The Labute approximate surface area is 101 Å². The predicted octanol–water partition coefficient (Wildman–Crippen LogP) is 2.25. The molecule has 0 spiro atoms. The van der Waals surface area contributed by atoms with Crippen LogP contribution in [0.3, 0.4) is 0 Å². The molecule has 0 fully saturated rings. The minimum atomic E-state index is 0.0800. The lowest BCUT2D eigenvalue weighted by atomic mass is 10.1. The molecule has 1 N–H and O–H groups in total. The van der Waals surface area contributed by atoms with Crippen LogP contribution in [-0.4, -0.2) is 16.5 Å². The summed E-state index contributed by atoms with van der Waals surface area (Å²) in [5.74, 6) is 0.0800. The second kappa shape index (κ2) is 4.62. The summed E-state index contributed by atoms with van der Waals surface area (Å²) in [4.78, 5) is 11.8. The third kappa shape index (κ3) is 2.49. The first kappa shape index (κ1) is 11.7. The summed E-state index contributed by atoms with van der Waals surface area (Å²) in [6.07, 6.45) is 2.48. The summed E-state index contributed by atoms with van der Waals surface area (Å²) in [7, 11) is 2.01. The zero-order valence-corrected chi connectivity index (χ0v) is 10.5.